The van der Waals surface area contributed by atoms with Gasteiger partial charge in [-0.05, 0) is 23.8 Å². The smallest absolute Gasteiger partial charge is 0.268 e. The topological polar surface area (TPSA) is 59.8 Å². The van der Waals surface area contributed by atoms with Crippen molar-refractivity contribution >= 4 is 29.1 Å². The maximum atomic E-state index is 13.3. The number of hydrogen-bond acceptors (Lipinski definition) is 5. The molecule has 2 amide bonds. The minimum atomic E-state index is -0.341. The average Bonchev–Trinajstić information content (AvgIpc) is 3.35. The van der Waals surface area contributed by atoms with Gasteiger partial charge in [-0.15, -0.1) is 11.8 Å². The summed E-state index contributed by atoms with van der Waals surface area (Å²) in [5.74, 6) is 1.05. The van der Waals surface area contributed by atoms with Gasteiger partial charge < -0.3 is 9.15 Å². The zero-order chi connectivity index (χ0) is 20.2. The molecule has 4 rings (SSSR count). The van der Waals surface area contributed by atoms with Crippen LogP contribution in [0.1, 0.15) is 16.9 Å². The standard InChI is InChI=1S/C23H19NO4S/c1-27-19-12-6-5-11-18(19)20-21(29-15-16-8-3-2-4-9-16)23(26)24(22(20)25)14-17-10-7-13-28-17/h2-13H,14-15H2,1H3. The van der Waals surface area contributed by atoms with E-state index >= 15 is 0 Å². The number of furan rings is 1. The molecule has 1 aliphatic heterocycles. The number of rotatable bonds is 7. The summed E-state index contributed by atoms with van der Waals surface area (Å²) >= 11 is 1.37. The van der Waals surface area contributed by atoms with Crippen molar-refractivity contribution in [3.05, 3.63) is 94.8 Å². The highest BCUT2D eigenvalue weighted by Gasteiger charge is 2.40. The van der Waals surface area contributed by atoms with Crippen molar-refractivity contribution < 1.29 is 18.7 Å². The van der Waals surface area contributed by atoms with Crippen molar-refractivity contribution in [3.8, 4) is 5.75 Å². The quantitative estimate of drug-likeness (QED) is 0.542. The fraction of sp³-hybridized carbons (Fsp3) is 0.130. The van der Waals surface area contributed by atoms with Gasteiger partial charge in [-0.3, -0.25) is 14.5 Å². The summed E-state index contributed by atoms with van der Waals surface area (Å²) in [6, 6.07) is 20.6. The minimum absolute atomic E-state index is 0.0959. The molecule has 2 aromatic carbocycles. The van der Waals surface area contributed by atoms with E-state index in [1.807, 2.05) is 42.5 Å². The predicted molar refractivity (Wildman–Crippen MR) is 112 cm³/mol. The van der Waals surface area contributed by atoms with Gasteiger partial charge in [0.1, 0.15) is 11.5 Å². The molecule has 0 spiro atoms. The summed E-state index contributed by atoms with van der Waals surface area (Å²) in [4.78, 5) is 28.1. The largest absolute Gasteiger partial charge is 0.496 e. The third-order valence-corrected chi connectivity index (χ3v) is 5.77. The number of imide groups is 1. The molecule has 0 radical (unpaired) electrons. The number of methoxy groups -OCH3 is 1. The Kier molecular flexibility index (Phi) is 5.53. The van der Waals surface area contributed by atoms with Crippen molar-refractivity contribution in [3.63, 3.8) is 0 Å². The molecule has 0 N–H and O–H groups in total. The Labute approximate surface area is 173 Å². The van der Waals surface area contributed by atoms with E-state index < -0.39 is 0 Å². The van der Waals surface area contributed by atoms with Gasteiger partial charge in [-0.2, -0.15) is 0 Å². The summed E-state index contributed by atoms with van der Waals surface area (Å²) in [6.45, 7) is 0.0959. The molecule has 0 saturated carbocycles. The molecule has 0 bridgehead atoms. The van der Waals surface area contributed by atoms with Crippen LogP contribution in [0.4, 0.5) is 0 Å². The monoisotopic (exact) mass is 405 g/mol. The van der Waals surface area contributed by atoms with Gasteiger partial charge in [0.05, 0.1) is 30.4 Å². The third kappa shape index (κ3) is 3.84. The molecule has 0 saturated heterocycles. The summed E-state index contributed by atoms with van der Waals surface area (Å²) in [5, 5.41) is 0. The van der Waals surface area contributed by atoms with E-state index in [4.69, 9.17) is 9.15 Å². The summed E-state index contributed by atoms with van der Waals surface area (Å²) in [7, 11) is 1.55. The van der Waals surface area contributed by atoms with E-state index in [1.54, 1.807) is 31.4 Å². The molecule has 0 aliphatic carbocycles. The van der Waals surface area contributed by atoms with Gasteiger partial charge in [0.15, 0.2) is 0 Å². The lowest BCUT2D eigenvalue weighted by molar-refractivity contribution is -0.137. The van der Waals surface area contributed by atoms with Crippen LogP contribution in [0.15, 0.2) is 82.3 Å². The van der Waals surface area contributed by atoms with Gasteiger partial charge in [-0.1, -0.05) is 48.5 Å². The first kappa shape index (κ1) is 19.1. The zero-order valence-electron chi connectivity index (χ0n) is 15.8. The maximum Gasteiger partial charge on any atom is 0.268 e. The molecule has 3 aromatic rings. The summed E-state index contributed by atoms with van der Waals surface area (Å²) in [5.41, 5.74) is 2.07. The van der Waals surface area contributed by atoms with Gasteiger partial charge in [-0.25, -0.2) is 0 Å². The van der Waals surface area contributed by atoms with Crippen LogP contribution in [0, 0.1) is 0 Å². The molecular weight excluding hydrogens is 386 g/mol. The molecule has 0 atom stereocenters. The van der Waals surface area contributed by atoms with Crippen molar-refractivity contribution in [2.45, 2.75) is 12.3 Å². The molecule has 146 valence electrons. The summed E-state index contributed by atoms with van der Waals surface area (Å²) in [6.07, 6.45) is 1.53. The number of benzene rings is 2. The Hall–Kier alpha value is -3.25. The normalized spacial score (nSPS) is 14.0. The van der Waals surface area contributed by atoms with E-state index in [2.05, 4.69) is 0 Å². The first-order valence-electron chi connectivity index (χ1n) is 9.12. The van der Waals surface area contributed by atoms with Crippen LogP contribution in [0.3, 0.4) is 0 Å². The molecule has 29 heavy (non-hydrogen) atoms. The fourth-order valence-corrected chi connectivity index (χ4v) is 4.29. The molecule has 5 nitrogen and oxygen atoms in total. The van der Waals surface area contributed by atoms with Crippen LogP contribution in [0.25, 0.3) is 5.57 Å². The van der Waals surface area contributed by atoms with Crippen LogP contribution < -0.4 is 4.74 Å². The van der Waals surface area contributed by atoms with E-state index in [-0.39, 0.29) is 18.4 Å². The van der Waals surface area contributed by atoms with Crippen molar-refractivity contribution in [1.82, 2.24) is 4.90 Å². The van der Waals surface area contributed by atoms with Crippen molar-refractivity contribution in [1.29, 1.82) is 0 Å². The first-order chi connectivity index (χ1) is 14.2. The Morgan fingerprint density at radius 1 is 0.931 bits per heavy atom. The second-order valence-corrected chi connectivity index (χ2v) is 7.44. The van der Waals surface area contributed by atoms with Gasteiger partial charge in [0.25, 0.3) is 11.8 Å². The molecule has 1 aliphatic rings. The highest BCUT2D eigenvalue weighted by Crippen LogP contribution is 2.40. The number of nitrogens with zero attached hydrogens (tertiary/aromatic N) is 1. The molecular formula is C23H19NO4S. The second-order valence-electron chi connectivity index (χ2n) is 6.45. The molecule has 1 aromatic heterocycles. The Bertz CT molecular complexity index is 1060. The van der Waals surface area contributed by atoms with Crippen molar-refractivity contribution in [2.75, 3.05) is 7.11 Å². The van der Waals surface area contributed by atoms with Gasteiger partial charge in [0, 0.05) is 11.3 Å². The Morgan fingerprint density at radius 2 is 1.69 bits per heavy atom. The Morgan fingerprint density at radius 3 is 2.41 bits per heavy atom. The van der Waals surface area contributed by atoms with Crippen molar-refractivity contribution in [2.24, 2.45) is 0 Å². The molecule has 0 unspecified atom stereocenters. The van der Waals surface area contributed by atoms with E-state index in [1.165, 1.54) is 22.9 Å². The van der Waals surface area contributed by atoms with Crippen LogP contribution in [0.5, 0.6) is 5.75 Å². The number of hydrogen-bond donors (Lipinski definition) is 0. The maximum absolute atomic E-state index is 13.3. The lowest BCUT2D eigenvalue weighted by atomic mass is 10.1. The van der Waals surface area contributed by atoms with Crippen LogP contribution in [0.2, 0.25) is 0 Å². The lowest BCUT2D eigenvalue weighted by Crippen LogP contribution is -2.30. The zero-order valence-corrected chi connectivity index (χ0v) is 16.6. The highest BCUT2D eigenvalue weighted by molar-refractivity contribution is 8.03. The second kappa shape index (κ2) is 8.41. The summed E-state index contributed by atoms with van der Waals surface area (Å²) < 4.78 is 10.8. The minimum Gasteiger partial charge on any atom is -0.496 e. The van der Waals surface area contributed by atoms with Crippen LogP contribution in [-0.2, 0) is 21.9 Å². The number of carbonyl (C=O) groups is 2. The van der Waals surface area contributed by atoms with E-state index in [0.29, 0.717) is 33.3 Å². The van der Waals surface area contributed by atoms with Crippen LogP contribution in [-0.4, -0.2) is 23.8 Å². The number of para-hydroxylation sites is 1. The number of carbonyl (C=O) groups excluding carboxylic acids is 2. The van der Waals surface area contributed by atoms with Crippen LogP contribution >= 0.6 is 11.8 Å². The highest BCUT2D eigenvalue weighted by atomic mass is 32.2. The SMILES string of the molecule is COc1ccccc1C1=C(SCc2ccccc2)C(=O)N(Cc2ccco2)C1=O. The van der Waals surface area contributed by atoms with Gasteiger partial charge >= 0.3 is 0 Å². The first-order valence-corrected chi connectivity index (χ1v) is 10.1. The molecule has 0 fully saturated rings. The number of amides is 2. The van der Waals surface area contributed by atoms with E-state index in [9.17, 15) is 9.59 Å². The average molecular weight is 405 g/mol. The fourth-order valence-electron chi connectivity index (χ4n) is 3.21. The van der Waals surface area contributed by atoms with E-state index in [0.717, 1.165) is 5.56 Å². The molecule has 6 heteroatoms. The van der Waals surface area contributed by atoms with Gasteiger partial charge in [0.2, 0.25) is 0 Å². The lowest BCUT2D eigenvalue weighted by Gasteiger charge is -2.14. The number of thioether (sulfide) groups is 1. The predicted octanol–water partition coefficient (Wildman–Crippen LogP) is 4.50. The Balaban J connectivity index is 1.72. The molecule has 2 heterocycles. The third-order valence-electron chi connectivity index (χ3n) is 4.62. The number of ether oxygens (including phenoxy) is 1.